The minimum Gasteiger partial charge on any atom is -0.497 e. The van der Waals surface area contributed by atoms with Crippen LogP contribution in [0.5, 0.6) is 5.75 Å². The molecule has 1 heterocycles. The lowest BCUT2D eigenvalue weighted by Gasteiger charge is -2.10. The van der Waals surface area contributed by atoms with E-state index in [-0.39, 0.29) is 0 Å². The Balaban J connectivity index is 1.88. The standard InChI is InChI=1S/C18H16N4O/c1-23-15-4-2-12(3-5-15)11-22-18-16-8-14(10-19)17(20)9-13(16)6-7-21-18/h2-9H,11,20H2,1H3,(H,21,22). The van der Waals surface area contributed by atoms with Gasteiger partial charge in [-0.2, -0.15) is 5.26 Å². The first-order valence-corrected chi connectivity index (χ1v) is 7.16. The summed E-state index contributed by atoms with van der Waals surface area (Å²) in [5.41, 5.74) is 7.91. The maximum absolute atomic E-state index is 9.14. The zero-order valence-electron chi connectivity index (χ0n) is 12.7. The molecule has 114 valence electrons. The molecule has 0 aliphatic carbocycles. The quantitative estimate of drug-likeness (QED) is 0.722. The second-order valence-corrected chi connectivity index (χ2v) is 5.13. The number of nitrogens with zero attached hydrogens (tertiary/aromatic N) is 2. The van der Waals surface area contributed by atoms with E-state index >= 15 is 0 Å². The molecular formula is C18H16N4O. The first kappa shape index (κ1) is 14.7. The number of pyridine rings is 1. The van der Waals surface area contributed by atoms with E-state index in [1.54, 1.807) is 25.4 Å². The molecular weight excluding hydrogens is 288 g/mol. The van der Waals surface area contributed by atoms with Crippen molar-refractivity contribution in [3.05, 3.63) is 59.8 Å². The Morgan fingerprint density at radius 3 is 2.70 bits per heavy atom. The van der Waals surface area contributed by atoms with E-state index in [9.17, 15) is 0 Å². The topological polar surface area (TPSA) is 84.0 Å². The molecule has 0 saturated heterocycles. The second-order valence-electron chi connectivity index (χ2n) is 5.13. The second kappa shape index (κ2) is 6.24. The number of nitrogen functional groups attached to an aromatic ring is 1. The average Bonchev–Trinajstić information content (AvgIpc) is 2.59. The number of nitrogens with one attached hydrogen (secondary N) is 1. The van der Waals surface area contributed by atoms with Crippen LogP contribution in [0, 0.1) is 11.3 Å². The van der Waals surface area contributed by atoms with Crippen molar-refractivity contribution in [1.82, 2.24) is 4.98 Å². The molecule has 0 saturated carbocycles. The van der Waals surface area contributed by atoms with E-state index in [2.05, 4.69) is 16.4 Å². The number of rotatable bonds is 4. The Morgan fingerprint density at radius 2 is 2.00 bits per heavy atom. The van der Waals surface area contributed by atoms with E-state index in [1.165, 1.54) is 0 Å². The molecule has 0 amide bonds. The highest BCUT2D eigenvalue weighted by Gasteiger charge is 2.07. The maximum Gasteiger partial charge on any atom is 0.134 e. The lowest BCUT2D eigenvalue weighted by Crippen LogP contribution is -2.02. The molecule has 1 aromatic heterocycles. The summed E-state index contributed by atoms with van der Waals surface area (Å²) in [7, 11) is 1.64. The van der Waals surface area contributed by atoms with E-state index in [0.29, 0.717) is 17.8 Å². The van der Waals surface area contributed by atoms with Crippen molar-refractivity contribution >= 4 is 22.3 Å². The molecule has 0 aliphatic rings. The Morgan fingerprint density at radius 1 is 1.22 bits per heavy atom. The van der Waals surface area contributed by atoms with E-state index in [4.69, 9.17) is 15.7 Å². The van der Waals surface area contributed by atoms with Gasteiger partial charge in [0.1, 0.15) is 17.6 Å². The van der Waals surface area contributed by atoms with Crippen LogP contribution in [0.1, 0.15) is 11.1 Å². The van der Waals surface area contributed by atoms with Gasteiger partial charge in [-0.1, -0.05) is 12.1 Å². The van der Waals surface area contributed by atoms with Crippen LogP contribution >= 0.6 is 0 Å². The average molecular weight is 304 g/mol. The molecule has 3 aromatic rings. The fourth-order valence-corrected chi connectivity index (χ4v) is 2.41. The summed E-state index contributed by atoms with van der Waals surface area (Å²) >= 11 is 0. The van der Waals surface area contributed by atoms with Gasteiger partial charge in [0.05, 0.1) is 18.4 Å². The number of hydrogen-bond acceptors (Lipinski definition) is 5. The van der Waals surface area contributed by atoms with Crippen LogP contribution in [0.2, 0.25) is 0 Å². The van der Waals surface area contributed by atoms with Gasteiger partial charge in [-0.25, -0.2) is 4.98 Å². The number of benzene rings is 2. The first-order valence-electron chi connectivity index (χ1n) is 7.16. The molecule has 3 rings (SSSR count). The van der Waals surface area contributed by atoms with Crippen LogP contribution in [0.4, 0.5) is 11.5 Å². The smallest absolute Gasteiger partial charge is 0.134 e. The molecule has 5 heteroatoms. The van der Waals surface area contributed by atoms with E-state index in [0.717, 1.165) is 27.9 Å². The Hall–Kier alpha value is -3.26. The van der Waals surface area contributed by atoms with Gasteiger partial charge in [0.2, 0.25) is 0 Å². The number of methoxy groups -OCH3 is 1. The van der Waals surface area contributed by atoms with Crippen molar-refractivity contribution in [1.29, 1.82) is 5.26 Å². The molecule has 0 bridgehead atoms. The molecule has 2 aromatic carbocycles. The highest BCUT2D eigenvalue weighted by Crippen LogP contribution is 2.26. The summed E-state index contributed by atoms with van der Waals surface area (Å²) in [5.74, 6) is 1.56. The monoisotopic (exact) mass is 304 g/mol. The normalized spacial score (nSPS) is 10.3. The van der Waals surface area contributed by atoms with Crippen molar-refractivity contribution in [2.75, 3.05) is 18.2 Å². The van der Waals surface area contributed by atoms with E-state index < -0.39 is 0 Å². The van der Waals surface area contributed by atoms with Gasteiger partial charge in [-0.3, -0.25) is 0 Å². The molecule has 0 spiro atoms. The summed E-state index contributed by atoms with van der Waals surface area (Å²) in [6, 6.07) is 15.4. The van der Waals surface area contributed by atoms with Crippen LogP contribution in [0.25, 0.3) is 10.8 Å². The number of anilines is 2. The van der Waals surface area contributed by atoms with Gasteiger partial charge in [0, 0.05) is 18.1 Å². The summed E-state index contributed by atoms with van der Waals surface area (Å²) in [6.07, 6.45) is 1.73. The van der Waals surface area contributed by atoms with Gasteiger partial charge in [0.15, 0.2) is 0 Å². The number of nitrogens with two attached hydrogens (primary N) is 1. The Kier molecular flexibility index (Phi) is 3.98. The van der Waals surface area contributed by atoms with Crippen molar-refractivity contribution < 1.29 is 4.74 Å². The molecule has 0 aliphatic heterocycles. The number of ether oxygens (including phenoxy) is 1. The molecule has 0 atom stereocenters. The first-order chi connectivity index (χ1) is 11.2. The molecule has 0 unspecified atom stereocenters. The summed E-state index contributed by atoms with van der Waals surface area (Å²) < 4.78 is 5.15. The predicted molar refractivity (Wildman–Crippen MR) is 91.2 cm³/mol. The Bertz CT molecular complexity index is 882. The van der Waals surface area contributed by atoms with Gasteiger partial charge in [0.25, 0.3) is 0 Å². The molecule has 3 N–H and O–H groups in total. The minimum atomic E-state index is 0.456. The number of aromatic nitrogens is 1. The Labute approximate surface area is 134 Å². The van der Waals surface area contributed by atoms with Crippen LogP contribution in [0.3, 0.4) is 0 Å². The predicted octanol–water partition coefficient (Wildman–Crippen LogP) is 3.31. The molecule has 0 fully saturated rings. The van der Waals surface area contributed by atoms with Gasteiger partial charge >= 0.3 is 0 Å². The highest BCUT2D eigenvalue weighted by molar-refractivity contribution is 5.95. The largest absolute Gasteiger partial charge is 0.497 e. The van der Waals surface area contributed by atoms with Crippen molar-refractivity contribution in [2.45, 2.75) is 6.54 Å². The number of nitriles is 1. The van der Waals surface area contributed by atoms with Gasteiger partial charge < -0.3 is 15.8 Å². The number of fused-ring (bicyclic) bond motifs is 1. The molecule has 0 radical (unpaired) electrons. The fraction of sp³-hybridized carbons (Fsp3) is 0.111. The lowest BCUT2D eigenvalue weighted by atomic mass is 10.1. The fourth-order valence-electron chi connectivity index (χ4n) is 2.41. The highest BCUT2D eigenvalue weighted by atomic mass is 16.5. The molecule has 5 nitrogen and oxygen atoms in total. The van der Waals surface area contributed by atoms with Crippen LogP contribution in [-0.2, 0) is 6.54 Å². The van der Waals surface area contributed by atoms with Crippen LogP contribution in [0.15, 0.2) is 48.7 Å². The van der Waals surface area contributed by atoms with Crippen molar-refractivity contribution in [3.8, 4) is 11.8 Å². The van der Waals surface area contributed by atoms with Gasteiger partial charge in [-0.15, -0.1) is 0 Å². The molecule has 23 heavy (non-hydrogen) atoms. The zero-order valence-corrected chi connectivity index (χ0v) is 12.7. The minimum absolute atomic E-state index is 0.456. The van der Waals surface area contributed by atoms with Crippen molar-refractivity contribution in [3.63, 3.8) is 0 Å². The summed E-state index contributed by atoms with van der Waals surface area (Å²) in [5, 5.41) is 14.3. The van der Waals surface area contributed by atoms with Crippen LogP contribution < -0.4 is 15.8 Å². The third-order valence-corrected chi connectivity index (χ3v) is 3.67. The zero-order chi connectivity index (χ0) is 16.2. The summed E-state index contributed by atoms with van der Waals surface area (Å²) in [4.78, 5) is 4.37. The van der Waals surface area contributed by atoms with E-state index in [1.807, 2.05) is 30.3 Å². The lowest BCUT2D eigenvalue weighted by molar-refractivity contribution is 0.414. The SMILES string of the molecule is COc1ccc(CNc2nccc3cc(N)c(C#N)cc23)cc1. The third kappa shape index (κ3) is 3.01. The maximum atomic E-state index is 9.14. The van der Waals surface area contributed by atoms with Gasteiger partial charge in [-0.05, 0) is 41.3 Å². The van der Waals surface area contributed by atoms with Crippen LogP contribution in [-0.4, -0.2) is 12.1 Å². The van der Waals surface area contributed by atoms with Crippen molar-refractivity contribution in [2.24, 2.45) is 0 Å². The third-order valence-electron chi connectivity index (χ3n) is 3.67. The summed E-state index contributed by atoms with van der Waals surface area (Å²) in [6.45, 7) is 0.627. The number of hydrogen-bond donors (Lipinski definition) is 2.